The molecule has 1 unspecified atom stereocenters. The Bertz CT molecular complexity index is 752. The largest absolute Gasteiger partial charge is 0.368 e. The van der Waals surface area contributed by atoms with E-state index in [1.807, 2.05) is 0 Å². The number of carbonyl (C=O) groups is 1. The standard InChI is InChI=1S/C19H25N5O/c1-14-6-7-15-4-2-3-5-17(15)23(14)11-10-19(25)20-12-18-22-21-13-24(18)16-8-9-16/h2-5,13-14,16H,6-12H2,1H3,(H,20,25). The van der Waals surface area contributed by atoms with E-state index in [4.69, 9.17) is 0 Å². The van der Waals surface area contributed by atoms with E-state index in [0.717, 1.165) is 25.2 Å². The summed E-state index contributed by atoms with van der Waals surface area (Å²) in [6.07, 6.45) is 6.90. The number of benzene rings is 1. The molecule has 1 fully saturated rings. The molecule has 0 spiro atoms. The molecule has 1 amide bonds. The molecule has 1 aliphatic heterocycles. The predicted molar refractivity (Wildman–Crippen MR) is 96.3 cm³/mol. The molecule has 0 saturated heterocycles. The van der Waals surface area contributed by atoms with Crippen molar-refractivity contribution in [2.75, 3.05) is 11.4 Å². The maximum atomic E-state index is 12.3. The van der Waals surface area contributed by atoms with Crippen LogP contribution in [-0.4, -0.2) is 33.3 Å². The molecule has 1 saturated carbocycles. The van der Waals surface area contributed by atoms with Gasteiger partial charge in [-0.15, -0.1) is 10.2 Å². The average molecular weight is 339 g/mol. The van der Waals surface area contributed by atoms with Crippen molar-refractivity contribution in [2.45, 2.75) is 57.7 Å². The number of carbonyl (C=O) groups excluding carboxylic acids is 1. The van der Waals surface area contributed by atoms with E-state index < -0.39 is 0 Å². The van der Waals surface area contributed by atoms with Crippen molar-refractivity contribution in [1.29, 1.82) is 0 Å². The molecule has 6 heteroatoms. The van der Waals surface area contributed by atoms with Crippen LogP contribution in [-0.2, 0) is 17.8 Å². The Morgan fingerprint density at radius 1 is 1.28 bits per heavy atom. The number of fused-ring (bicyclic) bond motifs is 1. The van der Waals surface area contributed by atoms with E-state index in [9.17, 15) is 4.79 Å². The molecule has 2 aliphatic rings. The Morgan fingerprint density at radius 2 is 2.12 bits per heavy atom. The molecule has 2 aromatic rings. The van der Waals surface area contributed by atoms with Gasteiger partial charge in [0.2, 0.25) is 5.91 Å². The molecule has 0 bridgehead atoms. The van der Waals surface area contributed by atoms with Gasteiger partial charge in [-0.3, -0.25) is 4.79 Å². The summed E-state index contributed by atoms with van der Waals surface area (Å²) in [4.78, 5) is 14.7. The Morgan fingerprint density at radius 3 is 2.96 bits per heavy atom. The van der Waals surface area contributed by atoms with Crippen LogP contribution in [0.4, 0.5) is 5.69 Å². The van der Waals surface area contributed by atoms with Crippen LogP contribution in [0.25, 0.3) is 0 Å². The molecule has 0 radical (unpaired) electrons. The average Bonchev–Trinajstić information content (AvgIpc) is 3.37. The van der Waals surface area contributed by atoms with Crippen LogP contribution in [0.15, 0.2) is 30.6 Å². The smallest absolute Gasteiger partial charge is 0.222 e. The van der Waals surface area contributed by atoms with E-state index in [2.05, 4.69) is 56.2 Å². The van der Waals surface area contributed by atoms with Gasteiger partial charge in [-0.25, -0.2) is 0 Å². The molecule has 1 N–H and O–H groups in total. The zero-order chi connectivity index (χ0) is 17.2. The Labute approximate surface area is 148 Å². The third kappa shape index (κ3) is 3.52. The minimum atomic E-state index is 0.0700. The summed E-state index contributed by atoms with van der Waals surface area (Å²) < 4.78 is 2.09. The minimum absolute atomic E-state index is 0.0700. The molecule has 4 rings (SSSR count). The first kappa shape index (κ1) is 16.1. The number of hydrogen-bond acceptors (Lipinski definition) is 4. The second kappa shape index (κ2) is 6.86. The summed E-state index contributed by atoms with van der Waals surface area (Å²) in [7, 11) is 0. The number of hydrogen-bond donors (Lipinski definition) is 1. The first-order valence-corrected chi connectivity index (χ1v) is 9.22. The van der Waals surface area contributed by atoms with Crippen molar-refractivity contribution >= 4 is 11.6 Å². The van der Waals surface area contributed by atoms with E-state index in [1.165, 1.54) is 24.1 Å². The lowest BCUT2D eigenvalue weighted by molar-refractivity contribution is -0.121. The number of amides is 1. The first-order valence-electron chi connectivity index (χ1n) is 9.22. The number of aryl methyl sites for hydroxylation is 1. The number of nitrogens with one attached hydrogen (secondary N) is 1. The van der Waals surface area contributed by atoms with E-state index in [1.54, 1.807) is 6.33 Å². The molecule has 1 atom stereocenters. The fraction of sp³-hybridized carbons (Fsp3) is 0.526. The summed E-state index contributed by atoms with van der Waals surface area (Å²) in [6.45, 7) is 3.45. The second-order valence-corrected chi connectivity index (χ2v) is 7.12. The summed E-state index contributed by atoms with van der Waals surface area (Å²) in [5.74, 6) is 0.924. The van der Waals surface area contributed by atoms with Gasteiger partial charge in [0.25, 0.3) is 0 Å². The van der Waals surface area contributed by atoms with Crippen LogP contribution >= 0.6 is 0 Å². The summed E-state index contributed by atoms with van der Waals surface area (Å²) in [5.41, 5.74) is 2.67. The quantitative estimate of drug-likeness (QED) is 0.878. The van der Waals surface area contributed by atoms with Crippen LogP contribution in [0.1, 0.15) is 50.0 Å². The van der Waals surface area contributed by atoms with Crippen molar-refractivity contribution in [3.8, 4) is 0 Å². The number of nitrogens with zero attached hydrogens (tertiary/aromatic N) is 4. The highest BCUT2D eigenvalue weighted by atomic mass is 16.1. The van der Waals surface area contributed by atoms with Gasteiger partial charge in [0.05, 0.1) is 6.54 Å². The molecule has 132 valence electrons. The van der Waals surface area contributed by atoms with Crippen LogP contribution in [0.5, 0.6) is 0 Å². The van der Waals surface area contributed by atoms with E-state index in [0.29, 0.717) is 25.0 Å². The SMILES string of the molecule is CC1CCc2ccccc2N1CCC(=O)NCc1nncn1C1CC1. The van der Waals surface area contributed by atoms with Crippen molar-refractivity contribution in [1.82, 2.24) is 20.1 Å². The fourth-order valence-corrected chi connectivity index (χ4v) is 3.64. The lowest BCUT2D eigenvalue weighted by Crippen LogP contribution is -2.40. The number of aromatic nitrogens is 3. The Balaban J connectivity index is 1.32. The zero-order valence-corrected chi connectivity index (χ0v) is 14.7. The highest BCUT2D eigenvalue weighted by molar-refractivity contribution is 5.76. The van der Waals surface area contributed by atoms with E-state index in [-0.39, 0.29) is 5.91 Å². The van der Waals surface area contributed by atoms with Gasteiger partial charge >= 0.3 is 0 Å². The normalized spacial score (nSPS) is 19.6. The highest BCUT2D eigenvalue weighted by Gasteiger charge is 2.26. The third-order valence-corrected chi connectivity index (χ3v) is 5.28. The zero-order valence-electron chi connectivity index (χ0n) is 14.7. The molecule has 1 aromatic heterocycles. The predicted octanol–water partition coefficient (Wildman–Crippen LogP) is 2.46. The highest BCUT2D eigenvalue weighted by Crippen LogP contribution is 2.35. The van der Waals surface area contributed by atoms with Gasteiger partial charge in [0.1, 0.15) is 6.33 Å². The maximum absolute atomic E-state index is 12.3. The molecule has 1 aliphatic carbocycles. The lowest BCUT2D eigenvalue weighted by Gasteiger charge is -2.37. The van der Waals surface area contributed by atoms with Crippen LogP contribution < -0.4 is 10.2 Å². The van der Waals surface area contributed by atoms with Crippen molar-refractivity contribution in [3.63, 3.8) is 0 Å². The molecule has 6 nitrogen and oxygen atoms in total. The molecule has 1 aromatic carbocycles. The van der Waals surface area contributed by atoms with Gasteiger partial charge in [0, 0.05) is 30.7 Å². The topological polar surface area (TPSA) is 63.1 Å². The van der Waals surface area contributed by atoms with Gasteiger partial charge in [-0.2, -0.15) is 0 Å². The Kier molecular flexibility index (Phi) is 4.42. The van der Waals surface area contributed by atoms with Gasteiger partial charge in [-0.05, 0) is 44.2 Å². The second-order valence-electron chi connectivity index (χ2n) is 7.12. The van der Waals surface area contributed by atoms with Crippen LogP contribution in [0, 0.1) is 0 Å². The Hall–Kier alpha value is -2.37. The van der Waals surface area contributed by atoms with Gasteiger partial charge < -0.3 is 14.8 Å². The summed E-state index contributed by atoms with van der Waals surface area (Å²) in [5, 5.41) is 11.1. The van der Waals surface area contributed by atoms with Crippen molar-refractivity contribution < 1.29 is 4.79 Å². The van der Waals surface area contributed by atoms with Gasteiger partial charge in [-0.1, -0.05) is 18.2 Å². The third-order valence-electron chi connectivity index (χ3n) is 5.28. The van der Waals surface area contributed by atoms with Crippen molar-refractivity contribution in [2.24, 2.45) is 0 Å². The van der Waals surface area contributed by atoms with Gasteiger partial charge in [0.15, 0.2) is 5.82 Å². The lowest BCUT2D eigenvalue weighted by atomic mass is 9.96. The van der Waals surface area contributed by atoms with Crippen LogP contribution in [0.2, 0.25) is 0 Å². The summed E-state index contributed by atoms with van der Waals surface area (Å²) in [6, 6.07) is 9.54. The molecule has 25 heavy (non-hydrogen) atoms. The molecule has 2 heterocycles. The molecular weight excluding hydrogens is 314 g/mol. The number of rotatable bonds is 6. The van der Waals surface area contributed by atoms with E-state index >= 15 is 0 Å². The minimum Gasteiger partial charge on any atom is -0.368 e. The van der Waals surface area contributed by atoms with Crippen molar-refractivity contribution in [3.05, 3.63) is 42.0 Å². The monoisotopic (exact) mass is 339 g/mol. The van der Waals surface area contributed by atoms with Crippen LogP contribution in [0.3, 0.4) is 0 Å². The first-order chi connectivity index (χ1) is 12.2. The fourth-order valence-electron chi connectivity index (χ4n) is 3.64. The maximum Gasteiger partial charge on any atom is 0.222 e. The number of para-hydroxylation sites is 1. The number of anilines is 1. The molecular formula is C19H25N5O. The summed E-state index contributed by atoms with van der Waals surface area (Å²) >= 11 is 0.